The maximum atomic E-state index is 6.27. The van der Waals surface area contributed by atoms with E-state index in [9.17, 15) is 0 Å². The topological polar surface area (TPSA) is 56.8 Å². The minimum atomic E-state index is -1.43. The van der Waals surface area contributed by atoms with Crippen LogP contribution in [0.25, 0.3) is 0 Å². The Morgan fingerprint density at radius 1 is 0.950 bits per heavy atom. The van der Waals surface area contributed by atoms with Gasteiger partial charge < -0.3 is 15.2 Å². The molecule has 2 rings (SSSR count). The molecule has 20 heavy (non-hydrogen) atoms. The molecule has 4 nitrogen and oxygen atoms in total. The Kier molecular flexibility index (Phi) is 4.74. The van der Waals surface area contributed by atoms with Crippen LogP contribution in [0.4, 0.5) is 0 Å². The van der Waals surface area contributed by atoms with Gasteiger partial charge in [-0.2, -0.15) is 0 Å². The highest BCUT2D eigenvalue weighted by Gasteiger charge is 2.46. The Morgan fingerprint density at radius 3 is 1.95 bits per heavy atom. The Bertz CT molecular complexity index is 584. The molecule has 1 aliphatic rings. The average molecular weight is 358 g/mol. The fourth-order valence-electron chi connectivity index (χ4n) is 2.08. The highest BCUT2D eigenvalue weighted by Crippen LogP contribution is 2.50. The standard InChI is InChI=1S/C12H12Cl4N2O2/c1-3-19-12(20-4-2)6-5(11(17)18-12)7(13)9(15)10(16)8(6)14/h3-4H2,1-2H3,(H2,17,18). The molecule has 0 spiro atoms. The average Bonchev–Trinajstić information content (AvgIpc) is 2.67. The van der Waals surface area contributed by atoms with Crippen molar-refractivity contribution in [3.63, 3.8) is 0 Å². The lowest BCUT2D eigenvalue weighted by Gasteiger charge is -2.27. The van der Waals surface area contributed by atoms with Gasteiger partial charge in [0.05, 0.1) is 25.7 Å². The number of hydrogen-bond donors (Lipinski definition) is 1. The molecule has 0 radical (unpaired) electrons. The van der Waals surface area contributed by atoms with Crippen molar-refractivity contribution >= 4 is 52.2 Å². The largest absolute Gasteiger partial charge is 0.383 e. The van der Waals surface area contributed by atoms with Crippen LogP contribution in [0, 0.1) is 0 Å². The third-order valence-corrected chi connectivity index (χ3v) is 4.59. The van der Waals surface area contributed by atoms with Crippen LogP contribution in [-0.2, 0) is 15.4 Å². The van der Waals surface area contributed by atoms with Crippen LogP contribution in [0.15, 0.2) is 4.99 Å². The SMILES string of the molecule is CCOC1(OCC)N=C(N)c2c(Cl)c(Cl)c(Cl)c(Cl)c21. The number of halogens is 4. The van der Waals surface area contributed by atoms with Crippen LogP contribution in [0.3, 0.4) is 0 Å². The first kappa shape index (κ1) is 16.1. The van der Waals surface area contributed by atoms with E-state index in [0.717, 1.165) is 0 Å². The summed E-state index contributed by atoms with van der Waals surface area (Å²) in [5, 5.41) is 0.588. The zero-order valence-electron chi connectivity index (χ0n) is 10.8. The molecule has 0 saturated heterocycles. The summed E-state index contributed by atoms with van der Waals surface area (Å²) in [4.78, 5) is 4.24. The van der Waals surface area contributed by atoms with Gasteiger partial charge in [0.15, 0.2) is 0 Å². The van der Waals surface area contributed by atoms with Gasteiger partial charge in [0.1, 0.15) is 5.84 Å². The highest BCUT2D eigenvalue weighted by molar-refractivity contribution is 6.53. The van der Waals surface area contributed by atoms with Gasteiger partial charge in [-0.15, -0.1) is 0 Å². The molecule has 0 bridgehead atoms. The van der Waals surface area contributed by atoms with E-state index in [4.69, 9.17) is 61.6 Å². The summed E-state index contributed by atoms with van der Waals surface area (Å²) in [6.07, 6.45) is 0. The van der Waals surface area contributed by atoms with Crippen molar-refractivity contribution in [3.05, 3.63) is 31.2 Å². The third kappa shape index (κ3) is 2.28. The summed E-state index contributed by atoms with van der Waals surface area (Å²) in [7, 11) is 0. The smallest absolute Gasteiger partial charge is 0.302 e. The number of benzene rings is 1. The number of aliphatic imine (C=N–C) groups is 1. The normalized spacial score (nSPS) is 16.2. The second-order valence-electron chi connectivity index (χ2n) is 3.95. The molecule has 8 heteroatoms. The van der Waals surface area contributed by atoms with Gasteiger partial charge >= 0.3 is 5.91 Å². The molecule has 110 valence electrons. The first-order chi connectivity index (χ1) is 9.39. The number of fused-ring (bicyclic) bond motifs is 1. The predicted molar refractivity (Wildman–Crippen MR) is 82.1 cm³/mol. The van der Waals surface area contributed by atoms with Crippen molar-refractivity contribution in [3.8, 4) is 0 Å². The molecule has 2 N–H and O–H groups in total. The first-order valence-electron chi connectivity index (χ1n) is 5.89. The van der Waals surface area contributed by atoms with E-state index in [0.29, 0.717) is 24.3 Å². The second kappa shape index (κ2) is 5.87. The van der Waals surface area contributed by atoms with Gasteiger partial charge in [-0.3, -0.25) is 0 Å². The summed E-state index contributed by atoms with van der Waals surface area (Å²) in [5.41, 5.74) is 6.70. The molecule has 0 aliphatic carbocycles. The molecule has 1 aromatic rings. The Morgan fingerprint density at radius 2 is 1.45 bits per heavy atom. The first-order valence-corrected chi connectivity index (χ1v) is 7.40. The van der Waals surface area contributed by atoms with Crippen molar-refractivity contribution in [2.75, 3.05) is 13.2 Å². The van der Waals surface area contributed by atoms with Crippen molar-refractivity contribution < 1.29 is 9.47 Å². The number of ether oxygens (including phenoxy) is 2. The van der Waals surface area contributed by atoms with E-state index in [1.807, 2.05) is 0 Å². The maximum absolute atomic E-state index is 6.27. The maximum Gasteiger partial charge on any atom is 0.302 e. The summed E-state index contributed by atoms with van der Waals surface area (Å²) >= 11 is 24.6. The molecule has 0 unspecified atom stereocenters. The minimum absolute atomic E-state index is 0.116. The molecule has 1 aromatic carbocycles. The van der Waals surface area contributed by atoms with Crippen LogP contribution in [0.5, 0.6) is 0 Å². The van der Waals surface area contributed by atoms with E-state index in [1.165, 1.54) is 0 Å². The fraction of sp³-hybridized carbons (Fsp3) is 0.417. The Labute approximate surface area is 136 Å². The molecule has 0 atom stereocenters. The van der Waals surface area contributed by atoms with E-state index >= 15 is 0 Å². The van der Waals surface area contributed by atoms with Crippen molar-refractivity contribution in [2.45, 2.75) is 19.8 Å². The zero-order chi connectivity index (χ0) is 15.1. The summed E-state index contributed by atoms with van der Waals surface area (Å²) < 4.78 is 11.2. The van der Waals surface area contributed by atoms with Crippen molar-refractivity contribution in [2.24, 2.45) is 10.7 Å². The van der Waals surface area contributed by atoms with Gasteiger partial charge in [0.25, 0.3) is 0 Å². The third-order valence-electron chi connectivity index (χ3n) is 2.79. The van der Waals surface area contributed by atoms with Gasteiger partial charge in [0.2, 0.25) is 0 Å². The molecular weight excluding hydrogens is 346 g/mol. The molecule has 0 fully saturated rings. The summed E-state index contributed by atoms with van der Waals surface area (Å²) in [6.45, 7) is 4.28. The molecule has 1 aliphatic heterocycles. The van der Waals surface area contributed by atoms with Crippen molar-refractivity contribution in [1.82, 2.24) is 0 Å². The Hall–Kier alpha value is -0.230. The van der Waals surface area contributed by atoms with Gasteiger partial charge in [-0.1, -0.05) is 46.4 Å². The lowest BCUT2D eigenvalue weighted by Crippen LogP contribution is -2.30. The van der Waals surface area contributed by atoms with Crippen LogP contribution in [-0.4, -0.2) is 19.0 Å². The quantitative estimate of drug-likeness (QED) is 0.499. The van der Waals surface area contributed by atoms with Gasteiger partial charge in [-0.05, 0) is 13.8 Å². The van der Waals surface area contributed by atoms with Crippen LogP contribution in [0.1, 0.15) is 25.0 Å². The molecule has 0 saturated carbocycles. The van der Waals surface area contributed by atoms with E-state index in [2.05, 4.69) is 4.99 Å². The van der Waals surface area contributed by atoms with Gasteiger partial charge in [-0.25, -0.2) is 4.99 Å². The molecule has 0 amide bonds. The number of hydrogen-bond acceptors (Lipinski definition) is 4. The number of nitrogens with zero attached hydrogens (tertiary/aromatic N) is 1. The lowest BCUT2D eigenvalue weighted by molar-refractivity contribution is -0.234. The predicted octanol–water partition coefficient (Wildman–Crippen LogP) is 4.20. The highest BCUT2D eigenvalue weighted by atomic mass is 35.5. The van der Waals surface area contributed by atoms with Crippen LogP contribution < -0.4 is 5.73 Å². The Balaban J connectivity index is 2.79. The van der Waals surface area contributed by atoms with Crippen LogP contribution in [0.2, 0.25) is 20.1 Å². The van der Waals surface area contributed by atoms with E-state index in [1.54, 1.807) is 13.8 Å². The summed E-state index contributed by atoms with van der Waals surface area (Å²) in [5.74, 6) is -1.29. The molecular formula is C12H12Cl4N2O2. The number of rotatable bonds is 4. The zero-order valence-corrected chi connectivity index (χ0v) is 13.8. The minimum Gasteiger partial charge on any atom is -0.383 e. The molecule has 0 aromatic heterocycles. The number of nitrogens with two attached hydrogens (primary N) is 1. The monoisotopic (exact) mass is 356 g/mol. The summed E-state index contributed by atoms with van der Waals surface area (Å²) in [6, 6.07) is 0. The second-order valence-corrected chi connectivity index (χ2v) is 5.46. The van der Waals surface area contributed by atoms with E-state index in [-0.39, 0.29) is 25.9 Å². The lowest BCUT2D eigenvalue weighted by atomic mass is 10.1. The van der Waals surface area contributed by atoms with Gasteiger partial charge in [0, 0.05) is 18.8 Å². The van der Waals surface area contributed by atoms with E-state index < -0.39 is 5.91 Å². The fourth-order valence-corrected chi connectivity index (χ4v) is 3.15. The number of amidine groups is 1. The van der Waals surface area contributed by atoms with Crippen molar-refractivity contribution in [1.29, 1.82) is 0 Å². The van der Waals surface area contributed by atoms with Crippen LogP contribution >= 0.6 is 46.4 Å². The molecule has 1 heterocycles.